The molecule has 0 saturated carbocycles. The van der Waals surface area contributed by atoms with E-state index in [1.165, 1.54) is 17.3 Å². The molecule has 1 atom stereocenters. The number of nitriles is 2. The lowest BCUT2D eigenvalue weighted by molar-refractivity contribution is 0.194. The molecule has 2 aromatic rings. The molecule has 0 N–H and O–H groups in total. The van der Waals surface area contributed by atoms with Gasteiger partial charge < -0.3 is 9.64 Å². The SMILES string of the molecule is C=C/C(=C\N=C)CSc1nc(N2CC(F)C2)c(C#N)c(-c2ccc(C3CCOC3)cc2)c1C#N. The number of allylic oxidation sites excluding steroid dienone is 1. The summed E-state index contributed by atoms with van der Waals surface area (Å²) >= 11 is 1.36. The number of hydrogen-bond acceptors (Lipinski definition) is 7. The van der Waals surface area contributed by atoms with Crippen LogP contribution in [0.1, 0.15) is 29.0 Å². The van der Waals surface area contributed by atoms with Crippen LogP contribution in [0.4, 0.5) is 10.2 Å². The number of nitrogens with zero attached hydrogens (tertiary/aromatic N) is 5. The van der Waals surface area contributed by atoms with Gasteiger partial charge in [-0.3, -0.25) is 4.99 Å². The van der Waals surface area contributed by atoms with Gasteiger partial charge in [0.05, 0.1) is 25.3 Å². The van der Waals surface area contributed by atoms with Gasteiger partial charge in [-0.15, -0.1) is 11.8 Å². The van der Waals surface area contributed by atoms with Gasteiger partial charge in [-0.25, -0.2) is 9.37 Å². The standard InChI is InChI=1S/C26H24FN5OS/c1-3-17(12-30-2)16-34-26-23(11-29)24(22(10-28)25(31-26)32-13-21(27)14-32)19-6-4-18(5-7-19)20-8-9-33-15-20/h3-7,12,20-21H,1-2,8-9,13-16H2/b17-12+. The van der Waals surface area contributed by atoms with Gasteiger partial charge in [-0.1, -0.05) is 36.9 Å². The summed E-state index contributed by atoms with van der Waals surface area (Å²) in [7, 11) is 0. The summed E-state index contributed by atoms with van der Waals surface area (Å²) in [6.45, 7) is 9.07. The van der Waals surface area contributed by atoms with E-state index in [1.54, 1.807) is 17.2 Å². The van der Waals surface area contributed by atoms with Gasteiger partial charge in [0.15, 0.2) is 0 Å². The molecule has 1 aromatic carbocycles. The van der Waals surface area contributed by atoms with Gasteiger partial charge in [0.25, 0.3) is 0 Å². The minimum Gasteiger partial charge on any atom is -0.381 e. The van der Waals surface area contributed by atoms with Gasteiger partial charge in [-0.05, 0) is 29.8 Å². The lowest BCUT2D eigenvalue weighted by atomic mass is 9.92. The van der Waals surface area contributed by atoms with Crippen LogP contribution in [0.5, 0.6) is 0 Å². The normalized spacial score (nSPS) is 18.1. The summed E-state index contributed by atoms with van der Waals surface area (Å²) in [6, 6.07) is 12.4. The van der Waals surface area contributed by atoms with Crippen molar-refractivity contribution < 1.29 is 9.13 Å². The average Bonchev–Trinajstić information content (AvgIpc) is 3.39. The highest BCUT2D eigenvalue weighted by Crippen LogP contribution is 2.40. The lowest BCUT2D eigenvalue weighted by Crippen LogP contribution is -2.49. The quantitative estimate of drug-likeness (QED) is 0.304. The van der Waals surface area contributed by atoms with Crippen LogP contribution in [-0.4, -0.2) is 49.9 Å². The Morgan fingerprint density at radius 2 is 2.00 bits per heavy atom. The van der Waals surface area contributed by atoms with Gasteiger partial charge in [-0.2, -0.15) is 10.5 Å². The molecule has 0 bridgehead atoms. The topological polar surface area (TPSA) is 85.3 Å². The van der Waals surface area contributed by atoms with E-state index in [0.29, 0.717) is 40.2 Å². The van der Waals surface area contributed by atoms with E-state index < -0.39 is 6.17 Å². The Morgan fingerprint density at radius 3 is 2.56 bits per heavy atom. The number of hydrogen-bond donors (Lipinski definition) is 0. The molecule has 0 spiro atoms. The molecule has 2 aliphatic rings. The molecule has 3 heterocycles. The van der Waals surface area contributed by atoms with E-state index in [9.17, 15) is 14.9 Å². The van der Waals surface area contributed by atoms with Crippen LogP contribution in [0.25, 0.3) is 11.1 Å². The highest BCUT2D eigenvalue weighted by Gasteiger charge is 2.32. The average molecular weight is 474 g/mol. The number of pyridine rings is 1. The van der Waals surface area contributed by atoms with E-state index in [2.05, 4.69) is 35.4 Å². The molecule has 172 valence electrons. The molecule has 1 aromatic heterocycles. The maximum atomic E-state index is 13.7. The second-order valence-corrected chi connectivity index (χ2v) is 9.12. The first-order valence-electron chi connectivity index (χ1n) is 10.9. The van der Waals surface area contributed by atoms with Crippen molar-refractivity contribution in [2.24, 2.45) is 4.99 Å². The van der Waals surface area contributed by atoms with Crippen molar-refractivity contribution >= 4 is 24.3 Å². The number of ether oxygens (including phenoxy) is 1. The third kappa shape index (κ3) is 4.75. The number of thioether (sulfide) groups is 1. The van der Waals surface area contributed by atoms with Crippen LogP contribution < -0.4 is 4.90 Å². The first kappa shape index (κ1) is 23.7. The largest absolute Gasteiger partial charge is 0.381 e. The van der Waals surface area contributed by atoms with Crippen molar-refractivity contribution in [3.05, 3.63) is 65.4 Å². The molecule has 0 aliphatic carbocycles. The van der Waals surface area contributed by atoms with E-state index in [1.807, 2.05) is 24.3 Å². The molecular formula is C26H24FN5OS. The zero-order chi connectivity index (χ0) is 24.1. The molecule has 0 radical (unpaired) electrons. The second-order valence-electron chi connectivity index (χ2n) is 8.15. The Kier molecular flexibility index (Phi) is 7.42. The fraction of sp³-hybridized carbons (Fsp3) is 0.308. The summed E-state index contributed by atoms with van der Waals surface area (Å²) in [6.07, 6.45) is 3.30. The van der Waals surface area contributed by atoms with E-state index in [0.717, 1.165) is 24.2 Å². The summed E-state index contributed by atoms with van der Waals surface area (Å²) in [5.41, 5.74) is 3.90. The van der Waals surface area contributed by atoms with Gasteiger partial charge in [0, 0.05) is 30.0 Å². The zero-order valence-electron chi connectivity index (χ0n) is 18.7. The summed E-state index contributed by atoms with van der Waals surface area (Å²) in [4.78, 5) is 10.2. The number of rotatable bonds is 8. The fourth-order valence-corrected chi connectivity index (χ4v) is 5.06. The van der Waals surface area contributed by atoms with Crippen molar-refractivity contribution in [2.45, 2.75) is 23.5 Å². The van der Waals surface area contributed by atoms with Gasteiger partial charge >= 0.3 is 0 Å². The van der Waals surface area contributed by atoms with E-state index >= 15 is 0 Å². The summed E-state index contributed by atoms with van der Waals surface area (Å²) < 4.78 is 19.2. The van der Waals surface area contributed by atoms with Gasteiger partial charge in [0.2, 0.25) is 0 Å². The molecule has 2 aliphatic heterocycles. The summed E-state index contributed by atoms with van der Waals surface area (Å²) in [5.74, 6) is 1.23. The minimum atomic E-state index is -0.953. The van der Waals surface area contributed by atoms with E-state index in [-0.39, 0.29) is 18.7 Å². The van der Waals surface area contributed by atoms with Crippen LogP contribution in [-0.2, 0) is 4.74 Å². The molecule has 2 saturated heterocycles. The monoisotopic (exact) mass is 473 g/mol. The Labute approximate surface area is 203 Å². The molecule has 4 rings (SSSR count). The maximum absolute atomic E-state index is 13.7. The first-order chi connectivity index (χ1) is 16.6. The van der Waals surface area contributed by atoms with E-state index in [4.69, 9.17) is 4.74 Å². The number of aliphatic imine (C=N–C) groups is 1. The van der Waals surface area contributed by atoms with Crippen molar-refractivity contribution in [3.63, 3.8) is 0 Å². The van der Waals surface area contributed by atoms with Crippen molar-refractivity contribution in [1.82, 2.24) is 4.98 Å². The van der Waals surface area contributed by atoms with Crippen molar-refractivity contribution in [3.8, 4) is 23.3 Å². The lowest BCUT2D eigenvalue weighted by Gasteiger charge is -2.36. The Morgan fingerprint density at radius 1 is 1.26 bits per heavy atom. The third-order valence-electron chi connectivity index (χ3n) is 6.00. The van der Waals surface area contributed by atoms with Crippen LogP contribution in [0.2, 0.25) is 0 Å². The fourth-order valence-electron chi connectivity index (χ4n) is 4.12. The Bertz CT molecular complexity index is 1200. The molecular weight excluding hydrogens is 449 g/mol. The van der Waals surface area contributed by atoms with Crippen LogP contribution >= 0.6 is 11.8 Å². The molecule has 2 fully saturated rings. The smallest absolute Gasteiger partial charge is 0.148 e. The number of alkyl halides is 1. The van der Waals surface area contributed by atoms with Crippen molar-refractivity contribution in [1.29, 1.82) is 10.5 Å². The highest BCUT2D eigenvalue weighted by atomic mass is 32.2. The molecule has 1 unspecified atom stereocenters. The van der Waals surface area contributed by atoms with Crippen LogP contribution in [0.15, 0.2) is 58.7 Å². The highest BCUT2D eigenvalue weighted by molar-refractivity contribution is 7.99. The van der Waals surface area contributed by atoms with Crippen molar-refractivity contribution in [2.75, 3.05) is 37.0 Å². The molecule has 8 heteroatoms. The van der Waals surface area contributed by atoms with Crippen LogP contribution in [0, 0.1) is 22.7 Å². The predicted molar refractivity (Wildman–Crippen MR) is 133 cm³/mol. The maximum Gasteiger partial charge on any atom is 0.148 e. The summed E-state index contributed by atoms with van der Waals surface area (Å²) in [5, 5.41) is 20.7. The Hall–Kier alpha value is -3.46. The Balaban J connectivity index is 1.81. The number of anilines is 1. The van der Waals surface area contributed by atoms with Crippen LogP contribution in [0.3, 0.4) is 0 Å². The number of benzene rings is 1. The third-order valence-corrected chi connectivity index (χ3v) is 7.05. The molecule has 0 amide bonds. The molecule has 34 heavy (non-hydrogen) atoms. The zero-order valence-corrected chi connectivity index (χ0v) is 19.5. The molecule has 6 nitrogen and oxygen atoms in total. The number of aromatic nitrogens is 1. The second kappa shape index (κ2) is 10.6. The number of halogens is 1. The first-order valence-corrected chi connectivity index (χ1v) is 11.9. The van der Waals surface area contributed by atoms with Gasteiger partial charge in [0.1, 0.15) is 34.7 Å². The minimum absolute atomic E-state index is 0.177. The predicted octanol–water partition coefficient (Wildman–Crippen LogP) is 5.02.